The van der Waals surface area contributed by atoms with Crippen LogP contribution in [-0.2, 0) is 27.5 Å². The van der Waals surface area contributed by atoms with E-state index in [1.165, 1.54) is 4.90 Å². The summed E-state index contributed by atoms with van der Waals surface area (Å²) >= 11 is 0. The number of aliphatic hydroxyl groups excluding tert-OH is 1. The highest BCUT2D eigenvalue weighted by Crippen LogP contribution is 2.26. The molecule has 1 aliphatic heterocycles. The maximum absolute atomic E-state index is 13.1. The van der Waals surface area contributed by atoms with Gasteiger partial charge in [-0.25, -0.2) is 0 Å². The lowest BCUT2D eigenvalue weighted by molar-refractivity contribution is -0.142. The molecule has 1 saturated heterocycles. The molecule has 2 aromatic rings. The molecule has 3 rings (SSSR count). The van der Waals surface area contributed by atoms with Gasteiger partial charge in [0.25, 0.3) is 5.91 Å². The van der Waals surface area contributed by atoms with Gasteiger partial charge < -0.3 is 19.5 Å². The van der Waals surface area contributed by atoms with E-state index in [-0.39, 0.29) is 5.91 Å². The summed E-state index contributed by atoms with van der Waals surface area (Å²) in [5.74, 6) is -0.220. The molecule has 0 aliphatic carbocycles. The molecule has 166 valence electrons. The summed E-state index contributed by atoms with van der Waals surface area (Å²) in [6.07, 6.45) is 0.211. The molecule has 1 fully saturated rings. The maximum Gasteiger partial charge on any atom is 0.256 e. The van der Waals surface area contributed by atoms with Gasteiger partial charge in [-0.1, -0.05) is 92.1 Å². The third kappa shape index (κ3) is 6.87. The number of benzene rings is 2. The first-order chi connectivity index (χ1) is 14.8. The summed E-state index contributed by atoms with van der Waals surface area (Å²) in [6.45, 7) is 7.83. The van der Waals surface area contributed by atoms with Crippen molar-refractivity contribution in [3.63, 3.8) is 0 Å². The lowest BCUT2D eigenvalue weighted by Crippen LogP contribution is -2.38. The largest absolute Gasteiger partial charge is 0.371 e. The summed E-state index contributed by atoms with van der Waals surface area (Å²) in [6, 6.07) is 19.5. The number of nitrogens with zero attached hydrogens (tertiary/aromatic N) is 1. The number of rotatable bonds is 10. The average Bonchev–Trinajstić information content (AvgIpc) is 2.98. The van der Waals surface area contributed by atoms with Gasteiger partial charge in [-0.05, 0) is 17.5 Å². The molecular weight excluding hydrogens is 406 g/mol. The van der Waals surface area contributed by atoms with Crippen LogP contribution in [0.1, 0.15) is 17.5 Å². The zero-order valence-electron chi connectivity index (χ0n) is 18.6. The molecule has 0 bridgehead atoms. The Bertz CT molecular complexity index is 851. The number of amides is 1. The number of ether oxygens (including phenoxy) is 2. The quantitative estimate of drug-likeness (QED) is 0.565. The van der Waals surface area contributed by atoms with Gasteiger partial charge in [0, 0.05) is 6.54 Å². The van der Waals surface area contributed by atoms with E-state index in [4.69, 9.17) is 9.47 Å². The fourth-order valence-electron chi connectivity index (χ4n) is 3.53. The molecule has 31 heavy (non-hydrogen) atoms. The monoisotopic (exact) mass is 439 g/mol. The van der Waals surface area contributed by atoms with Crippen LogP contribution < -0.4 is 0 Å². The molecule has 5 nitrogen and oxygen atoms in total. The number of carbonyl (C=O) groups is 1. The van der Waals surface area contributed by atoms with Crippen molar-refractivity contribution in [2.45, 2.75) is 57.7 Å². The number of hydrogen-bond acceptors (Lipinski definition) is 4. The SMILES string of the molecule is C[Si](C)(C)/C=C\CCN1C(=O)[C@H](OCc2ccccc2)[C@@H](OCc2ccccc2)C1O. The van der Waals surface area contributed by atoms with Crippen LogP contribution in [0, 0.1) is 0 Å². The second-order valence-corrected chi connectivity index (χ2v) is 14.0. The average molecular weight is 440 g/mol. The van der Waals surface area contributed by atoms with Crippen molar-refractivity contribution < 1.29 is 19.4 Å². The predicted octanol–water partition coefficient (Wildman–Crippen LogP) is 4.14. The smallest absolute Gasteiger partial charge is 0.256 e. The molecule has 2 aromatic carbocycles. The third-order valence-corrected chi connectivity index (χ3v) is 6.39. The number of hydrogen-bond donors (Lipinski definition) is 1. The summed E-state index contributed by atoms with van der Waals surface area (Å²) in [5.41, 5.74) is 4.22. The first kappa shape index (κ1) is 23.4. The minimum absolute atomic E-state index is 0.220. The molecule has 1 heterocycles. The van der Waals surface area contributed by atoms with Gasteiger partial charge in [-0.2, -0.15) is 0 Å². The van der Waals surface area contributed by atoms with Crippen LogP contribution >= 0.6 is 0 Å². The van der Waals surface area contributed by atoms with Gasteiger partial charge in [0.1, 0.15) is 6.10 Å². The van der Waals surface area contributed by atoms with Crippen molar-refractivity contribution >= 4 is 14.0 Å². The first-order valence-electron chi connectivity index (χ1n) is 10.8. The van der Waals surface area contributed by atoms with Gasteiger partial charge >= 0.3 is 0 Å². The molecule has 0 saturated carbocycles. The Balaban J connectivity index is 1.68. The van der Waals surface area contributed by atoms with Crippen LogP contribution in [0.4, 0.5) is 0 Å². The molecule has 1 N–H and O–H groups in total. The number of carbonyl (C=O) groups excluding carboxylic acids is 1. The summed E-state index contributed by atoms with van der Waals surface area (Å²) in [4.78, 5) is 14.6. The van der Waals surface area contributed by atoms with E-state index >= 15 is 0 Å². The molecule has 0 spiro atoms. The molecule has 1 amide bonds. The van der Waals surface area contributed by atoms with Crippen LogP contribution in [0.25, 0.3) is 0 Å². The number of likely N-dealkylation sites (tertiary alicyclic amines) is 1. The van der Waals surface area contributed by atoms with Crippen LogP contribution in [0.5, 0.6) is 0 Å². The first-order valence-corrected chi connectivity index (χ1v) is 14.4. The van der Waals surface area contributed by atoms with E-state index < -0.39 is 26.5 Å². The topological polar surface area (TPSA) is 59.0 Å². The Morgan fingerprint density at radius 3 is 2.03 bits per heavy atom. The van der Waals surface area contributed by atoms with Gasteiger partial charge in [-0.3, -0.25) is 4.79 Å². The van der Waals surface area contributed by atoms with E-state index in [9.17, 15) is 9.90 Å². The van der Waals surface area contributed by atoms with Gasteiger partial charge in [0.15, 0.2) is 12.3 Å². The van der Waals surface area contributed by atoms with Crippen molar-refractivity contribution in [2.75, 3.05) is 6.54 Å². The van der Waals surface area contributed by atoms with E-state index in [2.05, 4.69) is 31.4 Å². The Morgan fingerprint density at radius 2 is 1.48 bits per heavy atom. The summed E-state index contributed by atoms with van der Waals surface area (Å²) in [7, 11) is -1.29. The van der Waals surface area contributed by atoms with Crippen molar-refractivity contribution in [1.29, 1.82) is 0 Å². The highest BCUT2D eigenvalue weighted by molar-refractivity contribution is 6.80. The van der Waals surface area contributed by atoms with E-state index in [1.54, 1.807) is 0 Å². The van der Waals surface area contributed by atoms with Crippen molar-refractivity contribution in [2.24, 2.45) is 0 Å². The zero-order valence-corrected chi connectivity index (χ0v) is 19.6. The molecule has 0 aromatic heterocycles. The van der Waals surface area contributed by atoms with Crippen LogP contribution in [-0.4, -0.2) is 49.0 Å². The summed E-state index contributed by atoms with van der Waals surface area (Å²) < 4.78 is 12.0. The molecule has 0 radical (unpaired) electrons. The zero-order chi connectivity index (χ0) is 22.3. The van der Waals surface area contributed by atoms with E-state index in [1.807, 2.05) is 60.7 Å². The fourth-order valence-corrected chi connectivity index (χ4v) is 4.40. The van der Waals surface area contributed by atoms with Crippen molar-refractivity contribution in [1.82, 2.24) is 4.90 Å². The Kier molecular flexibility index (Phi) is 8.20. The van der Waals surface area contributed by atoms with Gasteiger partial charge in [-0.15, -0.1) is 0 Å². The fraction of sp³-hybridized carbons (Fsp3) is 0.400. The molecule has 1 unspecified atom stereocenters. The van der Waals surface area contributed by atoms with Crippen LogP contribution in [0.2, 0.25) is 19.6 Å². The minimum Gasteiger partial charge on any atom is -0.371 e. The molecule has 6 heteroatoms. The highest BCUT2D eigenvalue weighted by atomic mass is 28.3. The lowest BCUT2D eigenvalue weighted by Gasteiger charge is -2.23. The standard InChI is InChI=1S/C25H33NO4Si/c1-31(2,3)17-11-10-16-26-24(27)22(29-18-20-12-6-4-7-13-20)23(25(26)28)30-19-21-14-8-5-9-15-21/h4-9,11-15,17,22-24,27H,10,16,18-19H2,1-3H3/b17-11-/t22-,23-,24?/m1/s1. The van der Waals surface area contributed by atoms with Crippen molar-refractivity contribution in [3.8, 4) is 0 Å². The summed E-state index contributed by atoms with van der Waals surface area (Å²) in [5, 5.41) is 10.9. The van der Waals surface area contributed by atoms with Crippen molar-refractivity contribution in [3.05, 3.63) is 83.6 Å². The van der Waals surface area contributed by atoms with Gasteiger partial charge in [0.05, 0.1) is 21.3 Å². The second kappa shape index (κ2) is 10.9. The van der Waals surface area contributed by atoms with Crippen LogP contribution in [0.15, 0.2) is 72.4 Å². The normalized spacial score (nSPS) is 21.9. The molecule has 3 atom stereocenters. The Labute approximate surface area is 186 Å². The number of aliphatic hydroxyl groups is 1. The molecule has 1 aliphatic rings. The van der Waals surface area contributed by atoms with Crippen LogP contribution in [0.3, 0.4) is 0 Å². The van der Waals surface area contributed by atoms with E-state index in [0.717, 1.165) is 11.1 Å². The Morgan fingerprint density at radius 1 is 0.935 bits per heavy atom. The second-order valence-electron chi connectivity index (χ2n) is 8.98. The van der Waals surface area contributed by atoms with Gasteiger partial charge in [0.2, 0.25) is 0 Å². The predicted molar refractivity (Wildman–Crippen MR) is 125 cm³/mol. The third-order valence-electron chi connectivity index (χ3n) is 5.15. The maximum atomic E-state index is 13.1. The molecular formula is C25H33NO4Si. The Hall–Kier alpha value is -2.25. The lowest BCUT2D eigenvalue weighted by atomic mass is 10.2. The minimum atomic E-state index is -1.29. The highest BCUT2D eigenvalue weighted by Gasteiger charge is 2.48. The van der Waals surface area contributed by atoms with E-state index in [0.29, 0.717) is 26.2 Å².